The van der Waals surface area contributed by atoms with E-state index in [0.29, 0.717) is 51.7 Å². The molecule has 0 N–H and O–H groups in total. The number of morpholine rings is 1. The highest BCUT2D eigenvalue weighted by molar-refractivity contribution is 7.86. The van der Waals surface area contributed by atoms with Gasteiger partial charge < -0.3 is 9.64 Å². The lowest BCUT2D eigenvalue weighted by atomic mass is 9.74. The predicted molar refractivity (Wildman–Crippen MR) is 93.1 cm³/mol. The van der Waals surface area contributed by atoms with Crippen LogP contribution in [0.15, 0.2) is 0 Å². The maximum absolute atomic E-state index is 13.0. The molecular weight excluding hydrogens is 342 g/mol. The second kappa shape index (κ2) is 6.79. The van der Waals surface area contributed by atoms with Crippen LogP contribution in [0.2, 0.25) is 0 Å². The van der Waals surface area contributed by atoms with E-state index < -0.39 is 10.2 Å². The number of amides is 1. The monoisotopic (exact) mass is 371 g/mol. The Morgan fingerprint density at radius 1 is 1.04 bits per heavy atom. The van der Waals surface area contributed by atoms with Gasteiger partial charge in [-0.15, -0.1) is 0 Å². The summed E-state index contributed by atoms with van der Waals surface area (Å²) >= 11 is 0. The highest BCUT2D eigenvalue weighted by Gasteiger charge is 2.46. The summed E-state index contributed by atoms with van der Waals surface area (Å²) in [5.41, 5.74) is -0.0552. The van der Waals surface area contributed by atoms with Crippen LogP contribution in [-0.4, -0.2) is 80.3 Å². The molecule has 0 aromatic heterocycles. The van der Waals surface area contributed by atoms with Crippen LogP contribution in [0.25, 0.3) is 0 Å². The second-order valence-electron chi connectivity index (χ2n) is 8.17. The van der Waals surface area contributed by atoms with Crippen LogP contribution in [0, 0.1) is 11.3 Å². The molecule has 0 aromatic carbocycles. The van der Waals surface area contributed by atoms with Gasteiger partial charge in [-0.05, 0) is 38.0 Å². The maximum atomic E-state index is 13.0. The molecule has 3 aliphatic heterocycles. The molecule has 1 atom stereocenters. The number of rotatable bonds is 4. The van der Waals surface area contributed by atoms with Crippen LogP contribution in [-0.2, 0) is 19.7 Å². The molecule has 0 bridgehead atoms. The normalized spacial score (nSPS) is 33.1. The summed E-state index contributed by atoms with van der Waals surface area (Å²) in [7, 11) is -3.42. The van der Waals surface area contributed by atoms with Crippen molar-refractivity contribution in [2.75, 3.05) is 52.5 Å². The summed E-state index contributed by atoms with van der Waals surface area (Å²) in [6.07, 6.45) is 5.76. The molecule has 3 heterocycles. The van der Waals surface area contributed by atoms with Crippen molar-refractivity contribution in [3.8, 4) is 0 Å². The Hall–Kier alpha value is -0.700. The van der Waals surface area contributed by atoms with E-state index in [1.165, 1.54) is 12.8 Å². The van der Waals surface area contributed by atoms with Crippen molar-refractivity contribution in [2.45, 2.75) is 38.5 Å². The van der Waals surface area contributed by atoms with Gasteiger partial charge >= 0.3 is 0 Å². The summed E-state index contributed by atoms with van der Waals surface area (Å²) in [6.45, 7) is 4.59. The summed E-state index contributed by atoms with van der Waals surface area (Å²) in [5, 5.41) is 0. The molecule has 3 saturated heterocycles. The zero-order valence-electron chi connectivity index (χ0n) is 14.9. The van der Waals surface area contributed by atoms with Gasteiger partial charge in [0.05, 0.1) is 13.2 Å². The van der Waals surface area contributed by atoms with E-state index in [4.69, 9.17) is 4.74 Å². The van der Waals surface area contributed by atoms with Gasteiger partial charge in [0.2, 0.25) is 5.91 Å². The number of carbonyl (C=O) groups excluding carboxylic acids is 1. The average Bonchev–Trinajstić information content (AvgIpc) is 3.43. The van der Waals surface area contributed by atoms with Gasteiger partial charge in [-0.2, -0.15) is 17.0 Å². The number of carbonyl (C=O) groups is 1. The molecule has 25 heavy (non-hydrogen) atoms. The van der Waals surface area contributed by atoms with E-state index in [-0.39, 0.29) is 11.3 Å². The van der Waals surface area contributed by atoms with E-state index in [9.17, 15) is 13.2 Å². The zero-order chi connectivity index (χ0) is 17.5. The van der Waals surface area contributed by atoms with E-state index in [1.54, 1.807) is 8.61 Å². The third kappa shape index (κ3) is 3.72. The molecule has 0 unspecified atom stereocenters. The van der Waals surface area contributed by atoms with Crippen molar-refractivity contribution in [1.82, 2.24) is 13.5 Å². The van der Waals surface area contributed by atoms with E-state index >= 15 is 0 Å². The van der Waals surface area contributed by atoms with E-state index in [1.807, 2.05) is 4.90 Å². The Labute approximate surface area is 150 Å². The summed E-state index contributed by atoms with van der Waals surface area (Å²) in [4.78, 5) is 14.3. The van der Waals surface area contributed by atoms with Crippen molar-refractivity contribution in [3.63, 3.8) is 0 Å². The fraction of sp³-hybridized carbons (Fsp3) is 0.941. The number of hydrogen-bond donors (Lipinski definition) is 0. The minimum atomic E-state index is -3.42. The van der Waals surface area contributed by atoms with Gasteiger partial charge in [-0.3, -0.25) is 4.79 Å². The molecule has 8 heteroatoms. The predicted octanol–water partition coefficient (Wildman–Crippen LogP) is 0.678. The fourth-order valence-electron chi connectivity index (χ4n) is 4.51. The standard InChI is InChI=1S/C17H29N3O4S/c21-16-4-6-17(13-18(16)12-15-2-3-15)5-1-7-20(14-17)25(22,23)19-8-10-24-11-9-19/h15H,1-14H2/t17-/m0/s1. The van der Waals surface area contributed by atoms with Crippen molar-refractivity contribution >= 4 is 16.1 Å². The molecule has 1 amide bonds. The van der Waals surface area contributed by atoms with E-state index in [2.05, 4.69) is 0 Å². The molecule has 1 spiro atoms. The van der Waals surface area contributed by atoms with Crippen LogP contribution in [0.5, 0.6) is 0 Å². The first kappa shape index (κ1) is 17.7. The molecule has 1 saturated carbocycles. The Kier molecular flexibility index (Phi) is 4.81. The van der Waals surface area contributed by atoms with Crippen molar-refractivity contribution in [3.05, 3.63) is 0 Å². The lowest BCUT2D eigenvalue weighted by Gasteiger charge is -2.48. The van der Waals surface area contributed by atoms with Crippen LogP contribution in [0.1, 0.15) is 38.5 Å². The number of hydrogen-bond acceptors (Lipinski definition) is 4. The van der Waals surface area contributed by atoms with Crippen LogP contribution in [0.3, 0.4) is 0 Å². The Bertz CT molecular complexity index is 615. The Balaban J connectivity index is 1.46. The van der Waals surface area contributed by atoms with Gasteiger partial charge in [0.15, 0.2) is 0 Å². The smallest absolute Gasteiger partial charge is 0.282 e. The average molecular weight is 372 g/mol. The first-order valence-electron chi connectivity index (χ1n) is 9.59. The van der Waals surface area contributed by atoms with Gasteiger partial charge in [-0.1, -0.05) is 0 Å². The Morgan fingerprint density at radius 3 is 2.52 bits per heavy atom. The molecule has 4 aliphatic rings. The lowest BCUT2D eigenvalue weighted by Crippen LogP contribution is -2.58. The molecule has 0 aromatic rings. The third-order valence-corrected chi connectivity index (χ3v) is 8.15. The van der Waals surface area contributed by atoms with Gasteiger partial charge in [0.1, 0.15) is 0 Å². The van der Waals surface area contributed by atoms with Crippen LogP contribution >= 0.6 is 0 Å². The summed E-state index contributed by atoms with van der Waals surface area (Å²) in [5.74, 6) is 0.932. The molecule has 1 aliphatic carbocycles. The number of ether oxygens (including phenoxy) is 1. The number of likely N-dealkylation sites (tertiary alicyclic amines) is 1. The largest absolute Gasteiger partial charge is 0.379 e. The lowest BCUT2D eigenvalue weighted by molar-refractivity contribution is -0.139. The minimum Gasteiger partial charge on any atom is -0.379 e. The quantitative estimate of drug-likeness (QED) is 0.729. The van der Waals surface area contributed by atoms with E-state index in [0.717, 1.165) is 32.4 Å². The first-order chi connectivity index (χ1) is 12.0. The molecule has 4 rings (SSSR count). The SMILES string of the molecule is O=C1CC[C@@]2(CCCN(S(=O)(=O)N3CCOCC3)C2)CN1CC1CC1. The summed E-state index contributed by atoms with van der Waals surface area (Å²) in [6, 6.07) is 0. The Morgan fingerprint density at radius 2 is 1.80 bits per heavy atom. The highest BCUT2D eigenvalue weighted by atomic mass is 32.2. The van der Waals surface area contributed by atoms with Gasteiger partial charge in [-0.25, -0.2) is 0 Å². The molecule has 0 radical (unpaired) electrons. The molecule has 142 valence electrons. The van der Waals surface area contributed by atoms with Crippen LogP contribution < -0.4 is 0 Å². The first-order valence-corrected chi connectivity index (χ1v) is 11.0. The fourth-order valence-corrected chi connectivity index (χ4v) is 6.25. The second-order valence-corrected chi connectivity index (χ2v) is 10.1. The summed E-state index contributed by atoms with van der Waals surface area (Å²) < 4.78 is 34.6. The van der Waals surface area contributed by atoms with Crippen molar-refractivity contribution < 1.29 is 17.9 Å². The third-order valence-electron chi connectivity index (χ3n) is 6.17. The highest BCUT2D eigenvalue weighted by Crippen LogP contribution is 2.41. The van der Waals surface area contributed by atoms with Gasteiger partial charge in [0.25, 0.3) is 10.2 Å². The topological polar surface area (TPSA) is 70.2 Å². The molecule has 4 fully saturated rings. The molecular formula is C17H29N3O4S. The van der Waals surface area contributed by atoms with Crippen molar-refractivity contribution in [2.24, 2.45) is 11.3 Å². The van der Waals surface area contributed by atoms with Gasteiger partial charge in [0, 0.05) is 51.1 Å². The number of nitrogens with zero attached hydrogens (tertiary/aromatic N) is 3. The van der Waals surface area contributed by atoms with Crippen LogP contribution in [0.4, 0.5) is 0 Å². The number of piperidine rings is 2. The zero-order valence-corrected chi connectivity index (χ0v) is 15.7. The van der Waals surface area contributed by atoms with Crippen molar-refractivity contribution in [1.29, 1.82) is 0 Å². The molecule has 7 nitrogen and oxygen atoms in total. The maximum Gasteiger partial charge on any atom is 0.282 e. The minimum absolute atomic E-state index is 0.0552.